The molecule has 0 spiro atoms. The number of ether oxygens (including phenoxy) is 1. The molecule has 1 aliphatic heterocycles. The molecule has 0 bridgehead atoms. The van der Waals surface area contributed by atoms with E-state index in [0.29, 0.717) is 23.8 Å². The van der Waals surface area contributed by atoms with Crippen LogP contribution in [0, 0.1) is 11.3 Å². The zero-order chi connectivity index (χ0) is 18.5. The number of carbonyl (C=O) groups excluding carboxylic acids is 1. The SMILES string of the molecule is C[SiH](C)ON1C[C@@H](C(C)(C)C)C[C@H]1CCCCC(=O)OC(C)(C)C. The van der Waals surface area contributed by atoms with Gasteiger partial charge in [0.1, 0.15) is 5.60 Å². The monoisotopic (exact) mass is 357 g/mol. The minimum Gasteiger partial charge on any atom is -0.460 e. The summed E-state index contributed by atoms with van der Waals surface area (Å²) in [6.45, 7) is 18.2. The van der Waals surface area contributed by atoms with E-state index >= 15 is 0 Å². The summed E-state index contributed by atoms with van der Waals surface area (Å²) in [7, 11) is -1.07. The Kier molecular flexibility index (Phi) is 7.95. The fraction of sp³-hybridized carbons (Fsp3) is 0.947. The van der Waals surface area contributed by atoms with Crippen molar-refractivity contribution in [3.05, 3.63) is 0 Å². The van der Waals surface area contributed by atoms with Crippen LogP contribution in [-0.2, 0) is 14.1 Å². The highest BCUT2D eigenvalue weighted by molar-refractivity contribution is 6.48. The number of hydroxylamine groups is 2. The zero-order valence-corrected chi connectivity index (χ0v) is 18.3. The smallest absolute Gasteiger partial charge is 0.306 e. The highest BCUT2D eigenvalue weighted by atomic mass is 28.3. The van der Waals surface area contributed by atoms with Gasteiger partial charge in [0.05, 0.1) is 0 Å². The maximum Gasteiger partial charge on any atom is 0.306 e. The molecule has 4 nitrogen and oxygen atoms in total. The Labute approximate surface area is 151 Å². The van der Waals surface area contributed by atoms with E-state index in [9.17, 15) is 4.79 Å². The lowest BCUT2D eigenvalue weighted by atomic mass is 9.79. The Hall–Kier alpha value is -0.393. The van der Waals surface area contributed by atoms with Crippen LogP contribution in [0.4, 0.5) is 0 Å². The third kappa shape index (κ3) is 8.12. The summed E-state index contributed by atoms with van der Waals surface area (Å²) in [6, 6.07) is 0.503. The molecule has 1 saturated heterocycles. The van der Waals surface area contributed by atoms with Crippen LogP contribution < -0.4 is 0 Å². The zero-order valence-electron chi connectivity index (χ0n) is 17.1. The first kappa shape index (κ1) is 21.6. The molecule has 142 valence electrons. The van der Waals surface area contributed by atoms with E-state index in [2.05, 4.69) is 38.9 Å². The number of unbranched alkanes of at least 4 members (excludes halogenated alkanes) is 1. The van der Waals surface area contributed by atoms with Crippen LogP contribution >= 0.6 is 0 Å². The number of hydrogen-bond donors (Lipinski definition) is 0. The van der Waals surface area contributed by atoms with Crippen LogP contribution in [0.3, 0.4) is 0 Å². The maximum atomic E-state index is 11.8. The van der Waals surface area contributed by atoms with E-state index in [-0.39, 0.29) is 11.6 Å². The lowest BCUT2D eigenvalue weighted by Gasteiger charge is -2.27. The van der Waals surface area contributed by atoms with E-state index in [1.165, 1.54) is 6.42 Å². The van der Waals surface area contributed by atoms with Crippen LogP contribution in [0.2, 0.25) is 13.1 Å². The van der Waals surface area contributed by atoms with Crippen molar-refractivity contribution in [1.29, 1.82) is 0 Å². The molecule has 0 N–H and O–H groups in total. The molecule has 0 aromatic carbocycles. The molecule has 0 amide bonds. The molecule has 2 atom stereocenters. The molecule has 0 radical (unpaired) electrons. The molecular weight excluding hydrogens is 318 g/mol. The first-order valence-corrected chi connectivity index (χ1v) is 12.3. The van der Waals surface area contributed by atoms with Crippen LogP contribution in [0.5, 0.6) is 0 Å². The quantitative estimate of drug-likeness (QED) is 0.381. The van der Waals surface area contributed by atoms with Crippen molar-refractivity contribution in [2.45, 2.75) is 98.4 Å². The van der Waals surface area contributed by atoms with Gasteiger partial charge < -0.3 is 9.26 Å². The van der Waals surface area contributed by atoms with Crippen LogP contribution in [0.15, 0.2) is 0 Å². The summed E-state index contributed by atoms with van der Waals surface area (Å²) in [4.78, 5) is 11.8. The molecule has 24 heavy (non-hydrogen) atoms. The van der Waals surface area contributed by atoms with Crippen LogP contribution in [-0.4, -0.2) is 38.3 Å². The standard InChI is InChI=1S/C19H39NO3Si/c1-18(2,3)15-13-16(20(14-15)23-24(7)8)11-9-10-12-17(21)22-19(4,5)6/h15-16,24H,9-14H2,1-8H3/t15-,16+/m0/s1. The molecule has 1 rings (SSSR count). The molecule has 0 aliphatic carbocycles. The average Bonchev–Trinajstić information content (AvgIpc) is 2.74. The van der Waals surface area contributed by atoms with Gasteiger partial charge in [0.2, 0.25) is 0 Å². The van der Waals surface area contributed by atoms with Gasteiger partial charge in [-0.15, -0.1) is 0 Å². The lowest BCUT2D eigenvalue weighted by molar-refractivity contribution is -0.154. The Balaban J connectivity index is 2.42. The third-order valence-electron chi connectivity index (χ3n) is 4.52. The number of nitrogens with zero attached hydrogens (tertiary/aromatic N) is 1. The minimum atomic E-state index is -1.07. The van der Waals surface area contributed by atoms with Crippen LogP contribution in [0.1, 0.15) is 73.6 Å². The molecule has 0 unspecified atom stereocenters. The molecule has 5 heteroatoms. The predicted octanol–water partition coefficient (Wildman–Crippen LogP) is 4.54. The van der Waals surface area contributed by atoms with Gasteiger partial charge in [0.15, 0.2) is 9.04 Å². The Morgan fingerprint density at radius 3 is 2.25 bits per heavy atom. The lowest BCUT2D eigenvalue weighted by Crippen LogP contribution is -2.34. The van der Waals surface area contributed by atoms with Gasteiger partial charge in [0.25, 0.3) is 0 Å². The first-order valence-electron chi connectivity index (χ1n) is 9.53. The van der Waals surface area contributed by atoms with E-state index in [4.69, 9.17) is 9.26 Å². The van der Waals surface area contributed by atoms with Crippen LogP contribution in [0.25, 0.3) is 0 Å². The molecule has 0 aromatic rings. The minimum absolute atomic E-state index is 0.0795. The van der Waals surface area contributed by atoms with E-state index in [1.54, 1.807) is 0 Å². The Morgan fingerprint density at radius 2 is 1.75 bits per heavy atom. The first-order chi connectivity index (χ1) is 10.9. The predicted molar refractivity (Wildman–Crippen MR) is 102 cm³/mol. The highest BCUT2D eigenvalue weighted by Gasteiger charge is 2.38. The third-order valence-corrected chi connectivity index (χ3v) is 5.22. The van der Waals surface area contributed by atoms with Crippen molar-refractivity contribution in [3.63, 3.8) is 0 Å². The fourth-order valence-corrected chi connectivity index (χ4v) is 4.02. The summed E-state index contributed by atoms with van der Waals surface area (Å²) >= 11 is 0. The van der Waals surface area contributed by atoms with Crippen molar-refractivity contribution < 1.29 is 14.1 Å². The summed E-state index contributed by atoms with van der Waals surface area (Å²) in [5.41, 5.74) is -0.0552. The second-order valence-electron chi connectivity index (χ2n) is 9.54. The number of hydrogen-bond acceptors (Lipinski definition) is 4. The van der Waals surface area contributed by atoms with Gasteiger partial charge in [-0.3, -0.25) is 4.79 Å². The second kappa shape index (κ2) is 8.81. The van der Waals surface area contributed by atoms with E-state index in [1.807, 2.05) is 20.8 Å². The Bertz CT molecular complexity index is 398. The van der Waals surface area contributed by atoms with E-state index in [0.717, 1.165) is 25.8 Å². The van der Waals surface area contributed by atoms with Crippen molar-refractivity contribution in [2.75, 3.05) is 6.54 Å². The van der Waals surface area contributed by atoms with Gasteiger partial charge in [-0.2, -0.15) is 5.06 Å². The van der Waals surface area contributed by atoms with Crippen molar-refractivity contribution in [3.8, 4) is 0 Å². The number of rotatable bonds is 7. The molecule has 0 saturated carbocycles. The number of carbonyl (C=O) groups is 1. The van der Waals surface area contributed by atoms with Crippen molar-refractivity contribution in [1.82, 2.24) is 5.06 Å². The average molecular weight is 358 g/mol. The molecule has 0 aromatic heterocycles. The Morgan fingerprint density at radius 1 is 1.12 bits per heavy atom. The topological polar surface area (TPSA) is 38.8 Å². The summed E-state index contributed by atoms with van der Waals surface area (Å²) < 4.78 is 11.6. The normalized spacial score (nSPS) is 23.0. The van der Waals surface area contributed by atoms with E-state index < -0.39 is 9.04 Å². The molecule has 1 heterocycles. The van der Waals surface area contributed by atoms with Gasteiger partial charge >= 0.3 is 5.97 Å². The van der Waals surface area contributed by atoms with Gasteiger partial charge in [-0.25, -0.2) is 0 Å². The summed E-state index contributed by atoms with van der Waals surface area (Å²) in [5, 5.41) is 2.26. The van der Waals surface area contributed by atoms with Gasteiger partial charge in [-0.1, -0.05) is 27.2 Å². The van der Waals surface area contributed by atoms with Crippen molar-refractivity contribution >= 4 is 15.0 Å². The summed E-state index contributed by atoms with van der Waals surface area (Å²) in [6.07, 6.45) is 4.79. The number of esters is 1. The molecule has 1 fully saturated rings. The fourth-order valence-electron chi connectivity index (χ4n) is 3.22. The summed E-state index contributed by atoms with van der Waals surface area (Å²) in [5.74, 6) is 0.602. The van der Waals surface area contributed by atoms with Gasteiger partial charge in [-0.05, 0) is 64.5 Å². The largest absolute Gasteiger partial charge is 0.460 e. The molecule has 1 aliphatic rings. The second-order valence-corrected chi connectivity index (χ2v) is 11.8. The molecular formula is C19H39NO3Si. The highest BCUT2D eigenvalue weighted by Crippen LogP contribution is 2.38. The van der Waals surface area contributed by atoms with Gasteiger partial charge in [0, 0.05) is 19.0 Å². The maximum absolute atomic E-state index is 11.8. The van der Waals surface area contributed by atoms with Crippen molar-refractivity contribution in [2.24, 2.45) is 11.3 Å².